The predicted molar refractivity (Wildman–Crippen MR) is 176 cm³/mol. The molecule has 14 nitrogen and oxygen atoms in total. The number of halogens is 2. The van der Waals surface area contributed by atoms with Gasteiger partial charge in [0.25, 0.3) is 0 Å². The third-order valence-corrected chi connectivity index (χ3v) is 9.29. The van der Waals surface area contributed by atoms with Crippen LogP contribution in [-0.4, -0.2) is 89.6 Å². The lowest BCUT2D eigenvalue weighted by Gasteiger charge is -2.29. The van der Waals surface area contributed by atoms with Crippen LogP contribution in [0.3, 0.4) is 0 Å². The number of carboxylic acid groups (broad SMARTS) is 1. The minimum Gasteiger partial charge on any atom is -0.480 e. The summed E-state index contributed by atoms with van der Waals surface area (Å²) in [7, 11) is 0. The molecule has 0 spiro atoms. The molecule has 3 heterocycles. The van der Waals surface area contributed by atoms with Gasteiger partial charge in [0.05, 0.1) is 22.9 Å². The van der Waals surface area contributed by atoms with Crippen molar-refractivity contribution in [3.05, 3.63) is 57.6 Å². The molecule has 5 rings (SSSR count). The summed E-state index contributed by atoms with van der Waals surface area (Å²) < 4.78 is 10.7. The molecule has 2 aromatic carbocycles. The summed E-state index contributed by atoms with van der Waals surface area (Å²) in [6.07, 6.45) is 0.755. The van der Waals surface area contributed by atoms with Crippen molar-refractivity contribution >= 4 is 58.7 Å². The van der Waals surface area contributed by atoms with Gasteiger partial charge in [-0.25, -0.2) is 4.79 Å². The Hall–Kier alpha value is -4.56. The average molecular weight is 719 g/mol. The van der Waals surface area contributed by atoms with Gasteiger partial charge in [-0.2, -0.15) is 0 Å². The summed E-state index contributed by atoms with van der Waals surface area (Å²) in [6.45, 7) is 0.307. The first-order valence-corrected chi connectivity index (χ1v) is 16.7. The van der Waals surface area contributed by atoms with Crippen molar-refractivity contribution in [2.24, 2.45) is 0 Å². The molecule has 262 valence electrons. The van der Waals surface area contributed by atoms with E-state index in [2.05, 4.69) is 21.3 Å². The van der Waals surface area contributed by atoms with E-state index in [-0.39, 0.29) is 75.2 Å². The third-order valence-electron chi connectivity index (χ3n) is 8.55. The summed E-state index contributed by atoms with van der Waals surface area (Å²) >= 11 is 12.1. The molecule has 3 aliphatic rings. The summed E-state index contributed by atoms with van der Waals surface area (Å²) in [6, 6.07) is 5.67. The fourth-order valence-corrected chi connectivity index (χ4v) is 6.40. The number of ether oxygens (including phenoxy) is 2. The van der Waals surface area contributed by atoms with Crippen molar-refractivity contribution in [2.75, 3.05) is 19.9 Å². The van der Waals surface area contributed by atoms with Gasteiger partial charge in [0.2, 0.25) is 36.3 Å². The van der Waals surface area contributed by atoms with Gasteiger partial charge in [0.1, 0.15) is 18.1 Å². The van der Waals surface area contributed by atoms with E-state index in [0.717, 1.165) is 0 Å². The normalized spacial score (nSPS) is 23.0. The molecule has 0 saturated carbocycles. The van der Waals surface area contributed by atoms with Gasteiger partial charge in [-0.15, -0.1) is 0 Å². The van der Waals surface area contributed by atoms with Crippen LogP contribution < -0.4 is 30.7 Å². The van der Waals surface area contributed by atoms with Gasteiger partial charge in [0, 0.05) is 25.6 Å². The van der Waals surface area contributed by atoms with Crippen LogP contribution >= 0.6 is 23.2 Å². The van der Waals surface area contributed by atoms with Crippen LogP contribution in [0.2, 0.25) is 10.0 Å². The van der Waals surface area contributed by atoms with Crippen molar-refractivity contribution in [1.29, 1.82) is 0 Å². The standard InChI is InChI=1S/C33H37Cl2N5O9/c34-21-6-4-18(11-22(21)35)13-29(42)37-20-15-25-31(44)39-24(33(46)47)7-9-28(41)36-10-2-1-3-23(32(45)40(25)16-20)38-30(43)14-19-5-8-26-27(12-19)49-17-48-26/h4-6,8,11-12,20,23-25H,1-3,7,9-10,13-17H2,(H,36,41)(H,37,42)(H,38,43)(H,39,44)(H,46,47)/t20-,23+,24+,25+/m1/s1. The van der Waals surface area contributed by atoms with E-state index in [9.17, 15) is 33.9 Å². The van der Waals surface area contributed by atoms with Crippen LogP contribution in [-0.2, 0) is 41.6 Å². The smallest absolute Gasteiger partial charge is 0.326 e. The second-order valence-corrected chi connectivity index (χ2v) is 13.0. The molecule has 0 aliphatic carbocycles. The molecular formula is C33H37Cl2N5O9. The van der Waals surface area contributed by atoms with Crippen molar-refractivity contribution < 1.29 is 43.3 Å². The maximum atomic E-state index is 14.2. The largest absolute Gasteiger partial charge is 0.480 e. The fourth-order valence-electron chi connectivity index (χ4n) is 6.08. The molecule has 2 saturated heterocycles. The molecule has 2 aromatic rings. The zero-order valence-electron chi connectivity index (χ0n) is 26.5. The molecule has 0 radical (unpaired) electrons. The number of fused-ring (bicyclic) bond motifs is 2. The van der Waals surface area contributed by atoms with Crippen LogP contribution in [0.4, 0.5) is 0 Å². The Morgan fingerprint density at radius 3 is 2.37 bits per heavy atom. The molecule has 4 atom stereocenters. The van der Waals surface area contributed by atoms with E-state index in [1.54, 1.807) is 36.4 Å². The highest BCUT2D eigenvalue weighted by atomic mass is 35.5. The van der Waals surface area contributed by atoms with Gasteiger partial charge in [-0.1, -0.05) is 35.3 Å². The molecule has 0 unspecified atom stereocenters. The lowest BCUT2D eigenvalue weighted by atomic mass is 10.1. The number of rotatable bonds is 7. The topological polar surface area (TPSA) is 192 Å². The first-order chi connectivity index (χ1) is 23.5. The van der Waals surface area contributed by atoms with E-state index < -0.39 is 47.9 Å². The minimum absolute atomic E-state index is 0.00459. The SMILES string of the molecule is O=C1CC[C@@H](C(=O)O)NC(=O)[C@@H]2C[C@@H](NC(=O)Cc3ccc(Cl)c(Cl)c3)CN2C(=O)[C@@H](NC(=O)Cc2ccc3c(c2)OCO3)CCCCN1. The highest BCUT2D eigenvalue weighted by Gasteiger charge is 2.43. The van der Waals surface area contributed by atoms with Crippen LogP contribution in [0.25, 0.3) is 0 Å². The Labute approximate surface area is 292 Å². The molecule has 3 aliphatic heterocycles. The van der Waals surface area contributed by atoms with Crippen LogP contribution in [0, 0.1) is 0 Å². The van der Waals surface area contributed by atoms with Crippen LogP contribution in [0.1, 0.15) is 49.7 Å². The van der Waals surface area contributed by atoms with Gasteiger partial charge < -0.3 is 40.7 Å². The van der Waals surface area contributed by atoms with E-state index in [1.807, 2.05) is 0 Å². The van der Waals surface area contributed by atoms with E-state index in [0.29, 0.717) is 40.5 Å². The molecule has 49 heavy (non-hydrogen) atoms. The van der Waals surface area contributed by atoms with Crippen LogP contribution in [0.5, 0.6) is 11.5 Å². The van der Waals surface area contributed by atoms with E-state index in [4.69, 9.17) is 32.7 Å². The predicted octanol–water partition coefficient (Wildman–Crippen LogP) is 1.73. The van der Waals surface area contributed by atoms with Crippen molar-refractivity contribution in [2.45, 2.75) is 75.5 Å². The first kappa shape index (κ1) is 35.7. The summed E-state index contributed by atoms with van der Waals surface area (Å²) in [4.78, 5) is 79.7. The number of hydrogen-bond acceptors (Lipinski definition) is 8. The zero-order chi connectivity index (χ0) is 35.1. The van der Waals surface area contributed by atoms with Crippen molar-refractivity contribution in [1.82, 2.24) is 26.2 Å². The Bertz CT molecular complexity index is 1620. The Balaban J connectivity index is 1.35. The number of nitrogens with zero attached hydrogens (tertiary/aromatic N) is 1. The van der Waals surface area contributed by atoms with Gasteiger partial charge in [-0.05, 0) is 67.5 Å². The number of benzene rings is 2. The number of carboxylic acids is 1. The second kappa shape index (κ2) is 16.2. The number of aliphatic carboxylic acids is 1. The van der Waals surface area contributed by atoms with Gasteiger partial charge in [0.15, 0.2) is 11.5 Å². The lowest BCUT2D eigenvalue weighted by Crippen LogP contribution is -2.55. The molecule has 5 amide bonds. The molecule has 2 fully saturated rings. The molecular weight excluding hydrogens is 681 g/mol. The Morgan fingerprint density at radius 2 is 1.61 bits per heavy atom. The quantitative estimate of drug-likeness (QED) is 0.284. The Morgan fingerprint density at radius 1 is 0.898 bits per heavy atom. The van der Waals surface area contributed by atoms with Gasteiger partial charge >= 0.3 is 5.97 Å². The number of carbonyl (C=O) groups excluding carboxylic acids is 5. The summed E-state index contributed by atoms with van der Waals surface area (Å²) in [5.74, 6) is -2.75. The van der Waals surface area contributed by atoms with E-state index >= 15 is 0 Å². The maximum absolute atomic E-state index is 14.2. The lowest BCUT2D eigenvalue weighted by molar-refractivity contribution is -0.145. The monoisotopic (exact) mass is 717 g/mol. The van der Waals surface area contributed by atoms with Crippen LogP contribution in [0.15, 0.2) is 36.4 Å². The highest BCUT2D eigenvalue weighted by Crippen LogP contribution is 2.32. The molecule has 5 N–H and O–H groups in total. The zero-order valence-corrected chi connectivity index (χ0v) is 28.0. The molecule has 0 bridgehead atoms. The Kier molecular flexibility index (Phi) is 11.8. The van der Waals surface area contributed by atoms with Crippen molar-refractivity contribution in [3.63, 3.8) is 0 Å². The number of nitrogens with one attached hydrogen (secondary N) is 4. The molecule has 0 aromatic heterocycles. The number of amides is 5. The van der Waals surface area contributed by atoms with E-state index in [1.165, 1.54) is 4.90 Å². The summed E-state index contributed by atoms with van der Waals surface area (Å²) in [5, 5.41) is 21.3. The van der Waals surface area contributed by atoms with Gasteiger partial charge in [-0.3, -0.25) is 24.0 Å². The number of carbonyl (C=O) groups is 6. The van der Waals surface area contributed by atoms with Crippen molar-refractivity contribution in [3.8, 4) is 11.5 Å². The average Bonchev–Trinajstić information content (AvgIpc) is 3.70. The minimum atomic E-state index is -1.39. The first-order valence-electron chi connectivity index (χ1n) is 16.0. The maximum Gasteiger partial charge on any atom is 0.326 e. The third kappa shape index (κ3) is 9.54. The highest BCUT2D eigenvalue weighted by molar-refractivity contribution is 6.42. The fraction of sp³-hybridized carbons (Fsp3) is 0.455. The summed E-state index contributed by atoms with van der Waals surface area (Å²) in [5.41, 5.74) is 1.24. The molecule has 16 heteroatoms. The second-order valence-electron chi connectivity index (χ2n) is 12.2. The number of hydrogen-bond donors (Lipinski definition) is 5.